The van der Waals surface area contributed by atoms with E-state index in [4.69, 9.17) is 9.47 Å². The maximum Gasteiger partial charge on any atom is 0.307 e. The van der Waals surface area contributed by atoms with E-state index in [1.807, 2.05) is 0 Å². The number of rotatable bonds is 11. The highest BCUT2D eigenvalue weighted by Gasteiger charge is 2.22. The fraction of sp³-hybridized carbons (Fsp3) is 0.357. The van der Waals surface area contributed by atoms with E-state index in [1.54, 1.807) is 48.5 Å². The number of amides is 2. The SMILES string of the molecule is COc1ccccc1C(=O)NC(=Cc1cn(S(=O)(=O)N(C)C)c2ccccc12)C(=O)NCCCN1CCOCC1. The van der Waals surface area contributed by atoms with E-state index >= 15 is 0 Å². The highest BCUT2D eigenvalue weighted by atomic mass is 32.2. The van der Waals surface area contributed by atoms with Gasteiger partial charge in [-0.15, -0.1) is 0 Å². The average molecular weight is 570 g/mol. The molecule has 2 aromatic carbocycles. The minimum absolute atomic E-state index is 0.0209. The summed E-state index contributed by atoms with van der Waals surface area (Å²) in [5.74, 6) is -0.659. The zero-order chi connectivity index (χ0) is 28.7. The van der Waals surface area contributed by atoms with Crippen molar-refractivity contribution in [1.29, 1.82) is 0 Å². The molecular formula is C28H35N5O6S. The molecule has 2 heterocycles. The van der Waals surface area contributed by atoms with Crippen LogP contribution in [0.3, 0.4) is 0 Å². The summed E-state index contributed by atoms with van der Waals surface area (Å²) in [4.78, 5) is 28.9. The molecule has 1 fully saturated rings. The molecule has 1 saturated heterocycles. The van der Waals surface area contributed by atoms with Crippen LogP contribution in [0.25, 0.3) is 17.0 Å². The summed E-state index contributed by atoms with van der Waals surface area (Å²) in [6.45, 7) is 4.32. The van der Waals surface area contributed by atoms with Gasteiger partial charge in [0.25, 0.3) is 11.8 Å². The van der Waals surface area contributed by atoms with Crippen LogP contribution in [0.5, 0.6) is 5.75 Å². The lowest BCUT2D eigenvalue weighted by Crippen LogP contribution is -2.39. The van der Waals surface area contributed by atoms with Gasteiger partial charge in [-0.2, -0.15) is 12.7 Å². The monoisotopic (exact) mass is 569 g/mol. The Balaban J connectivity index is 1.65. The van der Waals surface area contributed by atoms with Crippen molar-refractivity contribution in [1.82, 2.24) is 23.8 Å². The molecule has 1 aliphatic heterocycles. The number of carbonyl (C=O) groups is 2. The Labute approximate surface area is 234 Å². The number of methoxy groups -OCH3 is 1. The number of nitrogens with zero attached hydrogens (tertiary/aromatic N) is 3. The van der Waals surface area contributed by atoms with Gasteiger partial charge in [-0.1, -0.05) is 30.3 Å². The predicted molar refractivity (Wildman–Crippen MR) is 153 cm³/mol. The molecule has 11 nitrogen and oxygen atoms in total. The fourth-order valence-electron chi connectivity index (χ4n) is 4.42. The smallest absolute Gasteiger partial charge is 0.307 e. The van der Waals surface area contributed by atoms with Gasteiger partial charge in [0.05, 0.1) is 31.4 Å². The molecule has 0 bridgehead atoms. The summed E-state index contributed by atoms with van der Waals surface area (Å²) < 4.78 is 39.0. The number of nitrogens with one attached hydrogen (secondary N) is 2. The van der Waals surface area contributed by atoms with Gasteiger partial charge in [0.15, 0.2) is 0 Å². The van der Waals surface area contributed by atoms with E-state index in [0.29, 0.717) is 42.0 Å². The summed E-state index contributed by atoms with van der Waals surface area (Å²) in [6.07, 6.45) is 3.66. The summed E-state index contributed by atoms with van der Waals surface area (Å²) >= 11 is 0. The molecule has 1 aliphatic rings. The third-order valence-electron chi connectivity index (χ3n) is 6.60. The highest BCUT2D eigenvalue weighted by molar-refractivity contribution is 7.87. The Morgan fingerprint density at radius 2 is 1.77 bits per heavy atom. The van der Waals surface area contributed by atoms with E-state index in [-0.39, 0.29) is 11.3 Å². The second-order valence-electron chi connectivity index (χ2n) is 9.46. The van der Waals surface area contributed by atoms with Crippen molar-refractivity contribution in [2.75, 3.05) is 60.6 Å². The first kappa shape index (κ1) is 29.3. The maximum absolute atomic E-state index is 13.4. The Kier molecular flexibility index (Phi) is 9.58. The Hall–Kier alpha value is -3.71. The van der Waals surface area contributed by atoms with Crippen LogP contribution in [0.15, 0.2) is 60.4 Å². The van der Waals surface area contributed by atoms with Crippen LogP contribution >= 0.6 is 0 Å². The number of hydrogen-bond donors (Lipinski definition) is 2. The second kappa shape index (κ2) is 13.1. The molecular weight excluding hydrogens is 534 g/mol. The zero-order valence-corrected chi connectivity index (χ0v) is 23.7. The van der Waals surface area contributed by atoms with E-state index in [9.17, 15) is 18.0 Å². The number of fused-ring (bicyclic) bond motifs is 1. The molecule has 0 atom stereocenters. The standard InChI is InChI=1S/C28H35N5O6S/c1-31(2)40(36,37)33-20-21(22-9-4-6-11-25(22)33)19-24(30-27(34)23-10-5-7-12-26(23)38-3)28(35)29-13-8-14-32-15-17-39-18-16-32/h4-7,9-12,19-20H,8,13-18H2,1-3H3,(H,29,35)(H,30,34). The number of carbonyl (C=O) groups excluding carboxylic acids is 2. The number of benzene rings is 2. The van der Waals surface area contributed by atoms with Gasteiger partial charge in [0, 0.05) is 50.9 Å². The average Bonchev–Trinajstić information content (AvgIpc) is 3.34. The molecule has 0 unspecified atom stereocenters. The van der Waals surface area contributed by atoms with Crippen molar-refractivity contribution in [3.8, 4) is 5.75 Å². The van der Waals surface area contributed by atoms with Gasteiger partial charge in [0.2, 0.25) is 0 Å². The fourth-order valence-corrected chi connectivity index (χ4v) is 5.42. The van der Waals surface area contributed by atoms with Gasteiger partial charge in [-0.25, -0.2) is 3.97 Å². The van der Waals surface area contributed by atoms with Gasteiger partial charge in [-0.05, 0) is 37.2 Å². The van der Waals surface area contributed by atoms with Gasteiger partial charge in [-0.3, -0.25) is 14.5 Å². The third-order valence-corrected chi connectivity index (χ3v) is 8.33. The number of aromatic nitrogens is 1. The van der Waals surface area contributed by atoms with Crippen molar-refractivity contribution in [3.05, 3.63) is 71.6 Å². The molecule has 40 heavy (non-hydrogen) atoms. The molecule has 214 valence electrons. The van der Waals surface area contributed by atoms with Crippen molar-refractivity contribution < 1.29 is 27.5 Å². The molecule has 3 aromatic rings. The summed E-state index contributed by atoms with van der Waals surface area (Å²) in [5.41, 5.74) is 1.14. The molecule has 12 heteroatoms. The predicted octanol–water partition coefficient (Wildman–Crippen LogP) is 1.91. The quantitative estimate of drug-likeness (QED) is 0.267. The Bertz CT molecular complexity index is 1490. The lowest BCUT2D eigenvalue weighted by molar-refractivity contribution is -0.117. The zero-order valence-electron chi connectivity index (χ0n) is 22.9. The Morgan fingerprint density at radius 1 is 1.07 bits per heavy atom. The van der Waals surface area contributed by atoms with Gasteiger partial charge >= 0.3 is 10.2 Å². The largest absolute Gasteiger partial charge is 0.496 e. The third kappa shape index (κ3) is 6.70. The first-order valence-corrected chi connectivity index (χ1v) is 14.4. The first-order chi connectivity index (χ1) is 19.2. The molecule has 0 spiro atoms. The molecule has 2 amide bonds. The lowest BCUT2D eigenvalue weighted by Gasteiger charge is -2.26. The summed E-state index contributed by atoms with van der Waals surface area (Å²) in [5, 5.41) is 6.21. The van der Waals surface area contributed by atoms with Crippen LogP contribution in [-0.2, 0) is 19.7 Å². The van der Waals surface area contributed by atoms with Crippen molar-refractivity contribution >= 4 is 39.0 Å². The van der Waals surface area contributed by atoms with E-state index in [1.165, 1.54) is 33.5 Å². The molecule has 0 aliphatic carbocycles. The van der Waals surface area contributed by atoms with E-state index in [2.05, 4.69) is 15.5 Å². The van der Waals surface area contributed by atoms with Crippen molar-refractivity contribution in [2.45, 2.75) is 6.42 Å². The molecule has 0 saturated carbocycles. The van der Waals surface area contributed by atoms with Crippen LogP contribution in [0, 0.1) is 0 Å². The second-order valence-corrected chi connectivity index (χ2v) is 11.5. The maximum atomic E-state index is 13.4. The molecule has 4 rings (SSSR count). The van der Waals surface area contributed by atoms with Crippen LogP contribution < -0.4 is 15.4 Å². The van der Waals surface area contributed by atoms with Crippen LogP contribution in [0.2, 0.25) is 0 Å². The van der Waals surface area contributed by atoms with Crippen molar-refractivity contribution in [3.63, 3.8) is 0 Å². The normalized spacial score (nSPS) is 14.8. The van der Waals surface area contributed by atoms with Crippen molar-refractivity contribution in [2.24, 2.45) is 0 Å². The van der Waals surface area contributed by atoms with Crippen LogP contribution in [0.1, 0.15) is 22.3 Å². The number of para-hydroxylation sites is 2. The number of ether oxygens (including phenoxy) is 2. The summed E-state index contributed by atoms with van der Waals surface area (Å²) in [6, 6.07) is 13.7. The van der Waals surface area contributed by atoms with Gasteiger partial charge in [0.1, 0.15) is 11.4 Å². The minimum Gasteiger partial charge on any atom is -0.496 e. The first-order valence-electron chi connectivity index (χ1n) is 13.0. The summed E-state index contributed by atoms with van der Waals surface area (Å²) in [7, 11) is 0.518. The Morgan fingerprint density at radius 3 is 2.50 bits per heavy atom. The minimum atomic E-state index is -3.84. The van der Waals surface area contributed by atoms with E-state index in [0.717, 1.165) is 34.3 Å². The number of hydrogen-bond acceptors (Lipinski definition) is 7. The molecule has 0 radical (unpaired) electrons. The molecule has 2 N–H and O–H groups in total. The number of morpholine rings is 1. The van der Waals surface area contributed by atoms with E-state index < -0.39 is 22.0 Å². The molecule has 1 aromatic heterocycles. The van der Waals surface area contributed by atoms with Crippen LogP contribution in [-0.4, -0.2) is 94.0 Å². The lowest BCUT2D eigenvalue weighted by atomic mass is 10.1. The topological polar surface area (TPSA) is 122 Å². The highest BCUT2D eigenvalue weighted by Crippen LogP contribution is 2.26. The van der Waals surface area contributed by atoms with Crippen LogP contribution in [0.4, 0.5) is 0 Å². The van der Waals surface area contributed by atoms with Gasteiger partial charge < -0.3 is 20.1 Å².